The maximum Gasteiger partial charge on any atom is 0.309 e. The van der Waals surface area contributed by atoms with Crippen molar-refractivity contribution in [3.05, 3.63) is 29.8 Å². The van der Waals surface area contributed by atoms with E-state index >= 15 is 0 Å². The van der Waals surface area contributed by atoms with Crippen LogP contribution in [0.4, 0.5) is 14.5 Å². The normalized spacial score (nSPS) is 14.6. The van der Waals surface area contributed by atoms with Gasteiger partial charge in [0.05, 0.1) is 11.6 Å². The van der Waals surface area contributed by atoms with Crippen LogP contribution in [0.2, 0.25) is 0 Å². The molecule has 1 aromatic rings. The Balaban J connectivity index is 1.83. The van der Waals surface area contributed by atoms with Crippen molar-refractivity contribution < 1.29 is 23.1 Å². The number of hydrogen-bond donors (Lipinski definition) is 1. The molecule has 0 aromatic heterocycles. The zero-order valence-electron chi connectivity index (χ0n) is 10.1. The van der Waals surface area contributed by atoms with Crippen molar-refractivity contribution in [3.63, 3.8) is 0 Å². The SMILES string of the molecule is O=C(COC(=O)C1CCC1)Nc1cc(F)ccc1F. The summed E-state index contributed by atoms with van der Waals surface area (Å²) in [7, 11) is 0. The third-order valence-electron chi connectivity index (χ3n) is 2.99. The molecule has 1 amide bonds. The molecular formula is C13H13F2NO3. The summed E-state index contributed by atoms with van der Waals surface area (Å²) in [5, 5.41) is 2.15. The van der Waals surface area contributed by atoms with Gasteiger partial charge in [0, 0.05) is 6.07 Å². The third kappa shape index (κ3) is 3.49. The van der Waals surface area contributed by atoms with E-state index in [0.29, 0.717) is 0 Å². The monoisotopic (exact) mass is 269 g/mol. The second-order valence-corrected chi connectivity index (χ2v) is 4.41. The van der Waals surface area contributed by atoms with E-state index in [4.69, 9.17) is 4.74 Å². The quantitative estimate of drug-likeness (QED) is 0.853. The standard InChI is InChI=1S/C13H13F2NO3/c14-9-4-5-10(15)11(6-9)16-12(17)7-19-13(18)8-2-1-3-8/h4-6,8H,1-3,7H2,(H,16,17). The molecule has 1 aliphatic rings. The zero-order valence-corrected chi connectivity index (χ0v) is 10.1. The van der Waals surface area contributed by atoms with E-state index in [0.717, 1.165) is 37.5 Å². The average Bonchev–Trinajstić information content (AvgIpc) is 2.29. The summed E-state index contributed by atoms with van der Waals surface area (Å²) in [6.07, 6.45) is 2.54. The van der Waals surface area contributed by atoms with Crippen LogP contribution in [-0.2, 0) is 14.3 Å². The Bertz CT molecular complexity index is 501. The summed E-state index contributed by atoms with van der Waals surface area (Å²) in [5.74, 6) is -2.65. The molecule has 1 N–H and O–H groups in total. The van der Waals surface area contributed by atoms with Crippen LogP contribution in [0.15, 0.2) is 18.2 Å². The number of rotatable bonds is 4. The molecule has 19 heavy (non-hydrogen) atoms. The van der Waals surface area contributed by atoms with Gasteiger partial charge >= 0.3 is 5.97 Å². The minimum absolute atomic E-state index is 0.126. The lowest BCUT2D eigenvalue weighted by Crippen LogP contribution is -2.28. The maximum atomic E-state index is 13.2. The Morgan fingerprint density at radius 2 is 2.05 bits per heavy atom. The van der Waals surface area contributed by atoms with Crippen LogP contribution in [0.5, 0.6) is 0 Å². The number of carbonyl (C=O) groups is 2. The van der Waals surface area contributed by atoms with Gasteiger partial charge in [0.2, 0.25) is 0 Å². The van der Waals surface area contributed by atoms with Gasteiger partial charge in [0.15, 0.2) is 6.61 Å². The first-order chi connectivity index (χ1) is 9.06. The average molecular weight is 269 g/mol. The number of ether oxygens (including phenoxy) is 1. The number of esters is 1. The van der Waals surface area contributed by atoms with Crippen molar-refractivity contribution in [1.82, 2.24) is 0 Å². The fraction of sp³-hybridized carbons (Fsp3) is 0.385. The van der Waals surface area contributed by atoms with Gasteiger partial charge < -0.3 is 10.1 Å². The number of carbonyl (C=O) groups excluding carboxylic acids is 2. The van der Waals surface area contributed by atoms with Gasteiger partial charge in [-0.05, 0) is 25.0 Å². The molecule has 0 bridgehead atoms. The van der Waals surface area contributed by atoms with E-state index in [2.05, 4.69) is 5.32 Å². The molecule has 1 saturated carbocycles. The largest absolute Gasteiger partial charge is 0.455 e. The molecule has 0 unspecified atom stereocenters. The number of hydrogen-bond acceptors (Lipinski definition) is 3. The molecule has 1 aliphatic carbocycles. The summed E-state index contributed by atoms with van der Waals surface area (Å²) < 4.78 is 30.9. The fourth-order valence-electron chi connectivity index (χ4n) is 1.68. The molecule has 0 radical (unpaired) electrons. The van der Waals surface area contributed by atoms with Gasteiger partial charge in [-0.3, -0.25) is 9.59 Å². The molecule has 102 valence electrons. The second-order valence-electron chi connectivity index (χ2n) is 4.41. The molecule has 6 heteroatoms. The molecule has 1 aromatic carbocycles. The smallest absolute Gasteiger partial charge is 0.309 e. The molecule has 0 saturated heterocycles. The van der Waals surface area contributed by atoms with Gasteiger partial charge in [-0.2, -0.15) is 0 Å². The predicted octanol–water partition coefficient (Wildman–Crippen LogP) is 2.25. The van der Waals surface area contributed by atoms with E-state index in [1.54, 1.807) is 0 Å². The van der Waals surface area contributed by atoms with Crippen molar-refractivity contribution in [3.8, 4) is 0 Å². The van der Waals surface area contributed by atoms with Crippen LogP contribution >= 0.6 is 0 Å². The van der Waals surface area contributed by atoms with Gasteiger partial charge in [-0.25, -0.2) is 8.78 Å². The van der Waals surface area contributed by atoms with Crippen LogP contribution in [0.1, 0.15) is 19.3 Å². The molecule has 2 rings (SSSR count). The van der Waals surface area contributed by atoms with Crippen molar-refractivity contribution in [2.75, 3.05) is 11.9 Å². The minimum atomic E-state index is -0.750. The molecule has 0 atom stereocenters. The van der Waals surface area contributed by atoms with Crippen LogP contribution in [0, 0.1) is 17.6 Å². The number of amides is 1. The lowest BCUT2D eigenvalue weighted by atomic mass is 9.86. The van der Waals surface area contributed by atoms with E-state index in [1.165, 1.54) is 0 Å². The van der Waals surface area contributed by atoms with Crippen molar-refractivity contribution in [2.24, 2.45) is 5.92 Å². The van der Waals surface area contributed by atoms with Gasteiger partial charge in [-0.15, -0.1) is 0 Å². The van der Waals surface area contributed by atoms with Crippen LogP contribution in [0.25, 0.3) is 0 Å². The highest BCUT2D eigenvalue weighted by molar-refractivity contribution is 5.93. The summed E-state index contributed by atoms with van der Waals surface area (Å²) >= 11 is 0. The lowest BCUT2D eigenvalue weighted by molar-refractivity contribution is -0.154. The Kier molecular flexibility index (Phi) is 4.09. The Morgan fingerprint density at radius 3 is 2.68 bits per heavy atom. The van der Waals surface area contributed by atoms with Gasteiger partial charge in [-0.1, -0.05) is 6.42 Å². The number of nitrogens with one attached hydrogen (secondary N) is 1. The number of benzene rings is 1. The Morgan fingerprint density at radius 1 is 1.32 bits per heavy atom. The fourth-order valence-corrected chi connectivity index (χ4v) is 1.68. The van der Waals surface area contributed by atoms with E-state index in [9.17, 15) is 18.4 Å². The predicted molar refractivity (Wildman–Crippen MR) is 63.3 cm³/mol. The molecule has 1 fully saturated rings. The summed E-state index contributed by atoms with van der Waals surface area (Å²) in [4.78, 5) is 22.8. The van der Waals surface area contributed by atoms with E-state index < -0.39 is 30.1 Å². The Labute approximate surface area is 108 Å². The van der Waals surface area contributed by atoms with Crippen LogP contribution in [-0.4, -0.2) is 18.5 Å². The van der Waals surface area contributed by atoms with Crippen molar-refractivity contribution >= 4 is 17.6 Å². The Hall–Kier alpha value is -1.98. The van der Waals surface area contributed by atoms with Crippen molar-refractivity contribution in [2.45, 2.75) is 19.3 Å². The van der Waals surface area contributed by atoms with Crippen LogP contribution < -0.4 is 5.32 Å². The first-order valence-electron chi connectivity index (χ1n) is 5.98. The molecule has 0 spiro atoms. The molecule has 0 aliphatic heterocycles. The molecule has 4 nitrogen and oxygen atoms in total. The highest BCUT2D eigenvalue weighted by Crippen LogP contribution is 2.27. The molecular weight excluding hydrogens is 256 g/mol. The second kappa shape index (κ2) is 5.77. The topological polar surface area (TPSA) is 55.4 Å². The van der Waals surface area contributed by atoms with Gasteiger partial charge in [0.1, 0.15) is 11.6 Å². The first kappa shape index (κ1) is 13.5. The van der Waals surface area contributed by atoms with E-state index in [-0.39, 0.29) is 11.6 Å². The summed E-state index contributed by atoms with van der Waals surface area (Å²) in [6.45, 7) is -0.495. The lowest BCUT2D eigenvalue weighted by Gasteiger charge is -2.22. The number of halogens is 2. The third-order valence-corrected chi connectivity index (χ3v) is 2.99. The van der Waals surface area contributed by atoms with Gasteiger partial charge in [0.25, 0.3) is 5.91 Å². The van der Waals surface area contributed by atoms with Crippen molar-refractivity contribution in [1.29, 1.82) is 0 Å². The summed E-state index contributed by atoms with van der Waals surface area (Å²) in [6, 6.07) is 2.72. The first-order valence-corrected chi connectivity index (χ1v) is 5.98. The number of anilines is 1. The maximum absolute atomic E-state index is 13.2. The van der Waals surface area contributed by atoms with Crippen LogP contribution in [0.3, 0.4) is 0 Å². The highest BCUT2D eigenvalue weighted by atomic mass is 19.1. The molecule has 0 heterocycles. The highest BCUT2D eigenvalue weighted by Gasteiger charge is 2.27. The minimum Gasteiger partial charge on any atom is -0.455 e. The van der Waals surface area contributed by atoms with E-state index in [1.807, 2.05) is 0 Å². The summed E-state index contributed by atoms with van der Waals surface area (Å²) in [5.41, 5.74) is -0.273. The zero-order chi connectivity index (χ0) is 13.8.